The summed E-state index contributed by atoms with van der Waals surface area (Å²) < 4.78 is 0. The lowest BCUT2D eigenvalue weighted by Crippen LogP contribution is -2.24. The molecule has 1 saturated carbocycles. The summed E-state index contributed by atoms with van der Waals surface area (Å²) in [6.45, 7) is 3.88. The number of ketones is 1. The first kappa shape index (κ1) is 8.74. The number of carbonyl (C=O) groups is 1. The standard InChI is InChI=1S/C12H16O/c1-2-9-4-3-5-10-8-11(13)6-7-12(9)10/h2,8-9,12H,1,3-7H2. The second kappa shape index (κ2) is 3.49. The second-order valence-electron chi connectivity index (χ2n) is 4.12. The van der Waals surface area contributed by atoms with Gasteiger partial charge in [0, 0.05) is 6.42 Å². The van der Waals surface area contributed by atoms with E-state index < -0.39 is 0 Å². The van der Waals surface area contributed by atoms with Crippen molar-refractivity contribution >= 4 is 5.78 Å². The van der Waals surface area contributed by atoms with E-state index >= 15 is 0 Å². The zero-order valence-corrected chi connectivity index (χ0v) is 7.96. The summed E-state index contributed by atoms with van der Waals surface area (Å²) >= 11 is 0. The van der Waals surface area contributed by atoms with Crippen molar-refractivity contribution in [2.24, 2.45) is 11.8 Å². The molecule has 2 aliphatic carbocycles. The van der Waals surface area contributed by atoms with E-state index in [1.165, 1.54) is 18.4 Å². The van der Waals surface area contributed by atoms with Crippen molar-refractivity contribution in [3.8, 4) is 0 Å². The van der Waals surface area contributed by atoms with Gasteiger partial charge >= 0.3 is 0 Å². The minimum Gasteiger partial charge on any atom is -0.295 e. The van der Waals surface area contributed by atoms with Gasteiger partial charge in [0.15, 0.2) is 5.78 Å². The summed E-state index contributed by atoms with van der Waals surface area (Å²) in [6, 6.07) is 0. The fourth-order valence-corrected chi connectivity index (χ4v) is 2.64. The number of carbonyl (C=O) groups excluding carboxylic acids is 1. The van der Waals surface area contributed by atoms with Crippen molar-refractivity contribution in [1.82, 2.24) is 0 Å². The van der Waals surface area contributed by atoms with Gasteiger partial charge in [-0.15, -0.1) is 6.58 Å². The third-order valence-corrected chi connectivity index (χ3v) is 3.35. The first-order valence-electron chi connectivity index (χ1n) is 5.17. The van der Waals surface area contributed by atoms with Gasteiger partial charge in [0.1, 0.15) is 0 Å². The third kappa shape index (κ3) is 1.60. The molecule has 1 fully saturated rings. The highest BCUT2D eigenvalue weighted by molar-refractivity contribution is 5.91. The zero-order valence-electron chi connectivity index (χ0n) is 7.96. The van der Waals surface area contributed by atoms with Crippen LogP contribution in [0.5, 0.6) is 0 Å². The Labute approximate surface area is 79.5 Å². The van der Waals surface area contributed by atoms with Gasteiger partial charge in [0.25, 0.3) is 0 Å². The molecule has 2 atom stereocenters. The summed E-state index contributed by atoms with van der Waals surface area (Å²) in [5.41, 5.74) is 1.40. The Hall–Kier alpha value is -0.850. The Balaban J connectivity index is 2.22. The van der Waals surface area contributed by atoms with E-state index in [2.05, 4.69) is 12.7 Å². The summed E-state index contributed by atoms with van der Waals surface area (Å²) in [4.78, 5) is 11.2. The number of fused-ring (bicyclic) bond motifs is 1. The van der Waals surface area contributed by atoms with Gasteiger partial charge < -0.3 is 0 Å². The van der Waals surface area contributed by atoms with Crippen LogP contribution in [0.2, 0.25) is 0 Å². The lowest BCUT2D eigenvalue weighted by molar-refractivity contribution is -0.115. The molecule has 0 aromatic heterocycles. The SMILES string of the molecule is C=CC1CCCC2=CC(=O)CCC21. The Bertz CT molecular complexity index is 262. The van der Waals surface area contributed by atoms with Crippen LogP contribution in [0.25, 0.3) is 0 Å². The van der Waals surface area contributed by atoms with E-state index in [9.17, 15) is 4.79 Å². The van der Waals surface area contributed by atoms with Crippen molar-refractivity contribution in [2.45, 2.75) is 32.1 Å². The first-order chi connectivity index (χ1) is 6.31. The second-order valence-corrected chi connectivity index (χ2v) is 4.12. The smallest absolute Gasteiger partial charge is 0.155 e. The predicted molar refractivity (Wildman–Crippen MR) is 53.4 cm³/mol. The van der Waals surface area contributed by atoms with Crippen LogP contribution >= 0.6 is 0 Å². The molecule has 13 heavy (non-hydrogen) atoms. The van der Waals surface area contributed by atoms with Crippen LogP contribution in [0.4, 0.5) is 0 Å². The Morgan fingerprint density at radius 1 is 1.38 bits per heavy atom. The number of rotatable bonds is 1. The molecule has 0 aromatic carbocycles. The maximum Gasteiger partial charge on any atom is 0.155 e. The molecule has 0 radical (unpaired) electrons. The van der Waals surface area contributed by atoms with Gasteiger partial charge in [-0.3, -0.25) is 4.79 Å². The monoisotopic (exact) mass is 176 g/mol. The Kier molecular flexibility index (Phi) is 2.34. The van der Waals surface area contributed by atoms with E-state index in [0.717, 1.165) is 19.3 Å². The maximum atomic E-state index is 11.2. The quantitative estimate of drug-likeness (QED) is 0.561. The van der Waals surface area contributed by atoms with Gasteiger partial charge in [-0.25, -0.2) is 0 Å². The number of allylic oxidation sites excluding steroid dienone is 3. The highest BCUT2D eigenvalue weighted by Crippen LogP contribution is 2.40. The predicted octanol–water partition coefficient (Wildman–Crippen LogP) is 2.88. The zero-order chi connectivity index (χ0) is 9.26. The van der Waals surface area contributed by atoms with Crippen LogP contribution in [-0.4, -0.2) is 5.78 Å². The molecule has 0 aliphatic heterocycles. The van der Waals surface area contributed by atoms with Crippen molar-refractivity contribution in [3.05, 3.63) is 24.3 Å². The molecule has 0 N–H and O–H groups in total. The highest BCUT2D eigenvalue weighted by Gasteiger charge is 2.29. The molecular formula is C12H16O. The van der Waals surface area contributed by atoms with E-state index in [0.29, 0.717) is 17.6 Å². The lowest BCUT2D eigenvalue weighted by atomic mass is 9.71. The molecule has 1 nitrogen and oxygen atoms in total. The molecule has 2 aliphatic rings. The summed E-state index contributed by atoms with van der Waals surface area (Å²) in [5, 5.41) is 0. The summed E-state index contributed by atoms with van der Waals surface area (Å²) in [6.07, 6.45) is 9.41. The average molecular weight is 176 g/mol. The van der Waals surface area contributed by atoms with Crippen LogP contribution in [0.3, 0.4) is 0 Å². The van der Waals surface area contributed by atoms with E-state index in [-0.39, 0.29) is 0 Å². The normalized spacial score (nSPS) is 33.5. The fourth-order valence-electron chi connectivity index (χ4n) is 2.64. The van der Waals surface area contributed by atoms with Crippen LogP contribution in [0.15, 0.2) is 24.3 Å². The number of hydrogen-bond acceptors (Lipinski definition) is 1. The lowest BCUT2D eigenvalue weighted by Gasteiger charge is -2.34. The van der Waals surface area contributed by atoms with Crippen LogP contribution < -0.4 is 0 Å². The van der Waals surface area contributed by atoms with Gasteiger partial charge in [0.2, 0.25) is 0 Å². The van der Waals surface area contributed by atoms with E-state index in [4.69, 9.17) is 0 Å². The van der Waals surface area contributed by atoms with Gasteiger partial charge in [-0.1, -0.05) is 11.6 Å². The largest absolute Gasteiger partial charge is 0.295 e. The van der Waals surface area contributed by atoms with Gasteiger partial charge in [-0.2, -0.15) is 0 Å². The molecule has 70 valence electrons. The molecule has 0 aromatic rings. The molecule has 2 unspecified atom stereocenters. The fraction of sp³-hybridized carbons (Fsp3) is 0.583. The summed E-state index contributed by atoms with van der Waals surface area (Å²) in [5.74, 6) is 1.60. The minimum absolute atomic E-state index is 0.330. The van der Waals surface area contributed by atoms with Crippen LogP contribution in [0, 0.1) is 11.8 Å². The van der Waals surface area contributed by atoms with Crippen molar-refractivity contribution in [2.75, 3.05) is 0 Å². The molecule has 0 bridgehead atoms. The minimum atomic E-state index is 0.330. The topological polar surface area (TPSA) is 17.1 Å². The average Bonchev–Trinajstić information content (AvgIpc) is 2.16. The molecule has 0 amide bonds. The van der Waals surface area contributed by atoms with E-state index in [1.54, 1.807) is 0 Å². The van der Waals surface area contributed by atoms with Crippen molar-refractivity contribution < 1.29 is 4.79 Å². The van der Waals surface area contributed by atoms with Gasteiger partial charge in [0.05, 0.1) is 0 Å². The first-order valence-corrected chi connectivity index (χ1v) is 5.17. The molecule has 0 heterocycles. The van der Waals surface area contributed by atoms with Crippen LogP contribution in [0.1, 0.15) is 32.1 Å². The maximum absolute atomic E-state index is 11.2. The Morgan fingerprint density at radius 2 is 2.23 bits per heavy atom. The number of hydrogen-bond donors (Lipinski definition) is 0. The van der Waals surface area contributed by atoms with Crippen LogP contribution in [-0.2, 0) is 4.79 Å². The summed E-state index contributed by atoms with van der Waals surface area (Å²) in [7, 11) is 0. The highest BCUT2D eigenvalue weighted by atomic mass is 16.1. The molecule has 0 saturated heterocycles. The molecule has 2 rings (SSSR count). The molecular weight excluding hydrogens is 160 g/mol. The van der Waals surface area contributed by atoms with Gasteiger partial charge in [-0.05, 0) is 43.6 Å². The Morgan fingerprint density at radius 3 is 3.00 bits per heavy atom. The molecule has 1 heteroatoms. The third-order valence-electron chi connectivity index (χ3n) is 3.35. The van der Waals surface area contributed by atoms with Crippen molar-refractivity contribution in [1.29, 1.82) is 0 Å². The molecule has 0 spiro atoms. The van der Waals surface area contributed by atoms with Crippen molar-refractivity contribution in [3.63, 3.8) is 0 Å². The van der Waals surface area contributed by atoms with E-state index in [1.807, 2.05) is 6.08 Å².